The number of hydrogen-bond acceptors (Lipinski definition) is 27. The van der Waals surface area contributed by atoms with Gasteiger partial charge in [-0.1, -0.05) is 13.5 Å². The molecule has 0 amide bonds. The number of nitrogens with zero attached hydrogens (tertiary/aromatic N) is 15. The summed E-state index contributed by atoms with van der Waals surface area (Å²) in [5.41, 5.74) is 3.55. The molecule has 0 N–H and O–H groups in total. The standard InChI is InChI=1S/C54H42N15O12P3/c1-31-55-61-49(70-31)37-7-19-43(20-8-37)76-82(77-44-21-9-38(10-22-44)50-62-56-32(2)71-50)67-83(78-45-23-11-39(12-24-45)51-63-57-33(3)72-51,79-46-25-13-40(14-26-46)52-64-58-34(4)73-52)69-84(68-82,80-47-27-15-41(16-28-47)53-65-59-35(5)74-53)81-48-29-17-42(18-30-48)54-66-60-36(6)75-54/h7-30H,1-6H3. The fourth-order valence-electron chi connectivity index (χ4n) is 8.01. The van der Waals surface area contributed by atoms with Crippen molar-refractivity contribution in [3.8, 4) is 103 Å². The van der Waals surface area contributed by atoms with Crippen LogP contribution in [0.5, 0.6) is 34.5 Å². The average Bonchev–Trinajstić information content (AvgIpc) is 4.04. The first-order valence-corrected chi connectivity index (χ1v) is 29.9. The van der Waals surface area contributed by atoms with Gasteiger partial charge in [0.05, 0.1) is 0 Å². The number of benzene rings is 6. The third kappa shape index (κ3) is 11.6. The number of rotatable bonds is 18. The van der Waals surface area contributed by atoms with E-state index in [1.165, 1.54) is 0 Å². The first kappa shape index (κ1) is 53.0. The van der Waals surface area contributed by atoms with Crippen LogP contribution in [-0.4, -0.2) is 61.2 Å². The van der Waals surface area contributed by atoms with Crippen molar-refractivity contribution in [2.24, 2.45) is 13.5 Å². The van der Waals surface area contributed by atoms with Crippen molar-refractivity contribution in [3.63, 3.8) is 0 Å². The Morgan fingerprint density at radius 3 is 0.476 bits per heavy atom. The Hall–Kier alpha value is -10.4. The molecule has 6 aromatic carbocycles. The molecule has 27 nitrogen and oxygen atoms in total. The molecule has 0 saturated heterocycles. The summed E-state index contributed by atoms with van der Waals surface area (Å²) in [4.78, 5) is 0. The van der Waals surface area contributed by atoms with Crippen LogP contribution in [0, 0.1) is 41.5 Å². The van der Waals surface area contributed by atoms with Gasteiger partial charge in [0.25, 0.3) is 0 Å². The van der Waals surface area contributed by atoms with E-state index in [0.29, 0.717) is 68.7 Å². The molecule has 420 valence electrons. The summed E-state index contributed by atoms with van der Waals surface area (Å²) >= 11 is 0. The Bertz CT molecular complexity index is 3760. The highest BCUT2D eigenvalue weighted by Crippen LogP contribution is 2.78. The van der Waals surface area contributed by atoms with E-state index < -0.39 is 23.0 Å². The molecule has 84 heavy (non-hydrogen) atoms. The van der Waals surface area contributed by atoms with Crippen molar-refractivity contribution in [1.29, 1.82) is 0 Å². The van der Waals surface area contributed by atoms with Crippen LogP contribution >= 0.6 is 23.0 Å². The molecule has 1 aliphatic rings. The quantitative estimate of drug-likeness (QED) is 0.0720. The van der Waals surface area contributed by atoms with Gasteiger partial charge in [-0.25, -0.2) is 0 Å². The molecule has 0 spiro atoms. The number of aromatic nitrogens is 12. The fraction of sp³-hybridized carbons (Fsp3) is 0.111. The minimum atomic E-state index is -4.49. The summed E-state index contributed by atoms with van der Waals surface area (Å²) in [6.07, 6.45) is 0. The lowest BCUT2D eigenvalue weighted by molar-refractivity contribution is 0.443. The Labute approximate surface area is 475 Å². The summed E-state index contributed by atoms with van der Waals surface area (Å²) in [6, 6.07) is 40.9. The van der Waals surface area contributed by atoms with Gasteiger partial charge in [0, 0.05) is 74.9 Å². The molecule has 0 radical (unpaired) electrons. The highest BCUT2D eigenvalue weighted by atomic mass is 31.3. The lowest BCUT2D eigenvalue weighted by atomic mass is 10.2. The van der Waals surface area contributed by atoms with Gasteiger partial charge in [0.15, 0.2) is 0 Å². The predicted molar refractivity (Wildman–Crippen MR) is 299 cm³/mol. The second-order valence-corrected chi connectivity index (χ2v) is 24.4. The van der Waals surface area contributed by atoms with Gasteiger partial charge in [-0.15, -0.1) is 61.2 Å². The monoisotopic (exact) mass is 1190 g/mol. The summed E-state index contributed by atoms with van der Waals surface area (Å²) in [6.45, 7) is 10.2. The molecule has 13 rings (SSSR count). The summed E-state index contributed by atoms with van der Waals surface area (Å²) in [7, 11) is -13.5. The first-order chi connectivity index (χ1) is 40.8. The molecule has 1 aliphatic heterocycles. The first-order valence-electron chi connectivity index (χ1n) is 25.3. The zero-order chi connectivity index (χ0) is 57.4. The normalized spacial score (nSPS) is 13.9. The van der Waals surface area contributed by atoms with E-state index >= 15 is 0 Å². The highest BCUT2D eigenvalue weighted by molar-refractivity contribution is 7.79. The zero-order valence-corrected chi connectivity index (χ0v) is 47.5. The van der Waals surface area contributed by atoms with Crippen molar-refractivity contribution in [2.75, 3.05) is 0 Å². The third-order valence-electron chi connectivity index (χ3n) is 11.8. The molecular formula is C54H42N15O12P3. The molecule has 0 unspecified atom stereocenters. The van der Waals surface area contributed by atoms with E-state index in [4.69, 9.17) is 67.2 Å². The molecule has 0 bridgehead atoms. The van der Waals surface area contributed by atoms with Gasteiger partial charge in [-0.2, -0.15) is 0 Å². The van der Waals surface area contributed by atoms with E-state index in [-0.39, 0.29) is 69.8 Å². The van der Waals surface area contributed by atoms with Crippen molar-refractivity contribution in [3.05, 3.63) is 181 Å². The largest absolute Gasteiger partial charge is 0.460 e. The Morgan fingerprint density at radius 2 is 0.357 bits per heavy atom. The van der Waals surface area contributed by atoms with Gasteiger partial charge < -0.3 is 53.6 Å². The smallest absolute Gasteiger partial charge is 0.421 e. The topological polar surface area (TPSA) is 326 Å². The van der Waals surface area contributed by atoms with Crippen molar-refractivity contribution < 1.29 is 53.6 Å². The maximum Gasteiger partial charge on any atom is 0.460 e. The Balaban J connectivity index is 1.05. The molecule has 30 heteroatoms. The fourth-order valence-corrected chi connectivity index (χ4v) is 17.1. The van der Waals surface area contributed by atoms with Gasteiger partial charge in [-0.05, 0) is 146 Å². The van der Waals surface area contributed by atoms with E-state index in [1.54, 1.807) is 187 Å². The average molecular weight is 1190 g/mol. The minimum Gasteiger partial charge on any atom is -0.421 e. The minimum absolute atomic E-state index is 0.212. The summed E-state index contributed by atoms with van der Waals surface area (Å²) in [5, 5.41) is 49.3. The molecule has 12 aromatic rings. The van der Waals surface area contributed by atoms with Crippen LogP contribution in [0.3, 0.4) is 0 Å². The van der Waals surface area contributed by atoms with Crippen LogP contribution in [0.1, 0.15) is 35.3 Å². The van der Waals surface area contributed by atoms with E-state index in [2.05, 4.69) is 61.2 Å². The maximum absolute atomic E-state index is 7.15. The van der Waals surface area contributed by atoms with Crippen molar-refractivity contribution in [2.45, 2.75) is 41.5 Å². The second kappa shape index (κ2) is 21.8. The molecule has 0 aliphatic carbocycles. The third-order valence-corrected chi connectivity index (χ3v) is 19.9. The van der Waals surface area contributed by atoms with Crippen LogP contribution in [0.25, 0.3) is 68.7 Å². The van der Waals surface area contributed by atoms with Gasteiger partial charge in [0.2, 0.25) is 70.7 Å². The van der Waals surface area contributed by atoms with Gasteiger partial charge in [-0.3, -0.25) is 0 Å². The Kier molecular flexibility index (Phi) is 13.8. The maximum atomic E-state index is 7.15. The molecule has 7 heterocycles. The van der Waals surface area contributed by atoms with Crippen LogP contribution in [0.4, 0.5) is 0 Å². The molecule has 6 aromatic heterocycles. The SMILES string of the molecule is Cc1nnc(-c2ccc(OP3(Oc4ccc(-c5nnc(C)o5)cc4)=NP(Oc4ccc(-c5nnc(C)o5)cc4)(Oc4ccc(-c5nnc(C)o5)cc4)=NP(Oc4ccc(-c5nnc(C)o5)cc4)(Oc4ccc(-c5nnc(C)o5)cc4)=N3)cc2)o1. The van der Waals surface area contributed by atoms with Crippen molar-refractivity contribution in [1.82, 2.24) is 61.2 Å². The summed E-state index contributed by atoms with van der Waals surface area (Å²) in [5.74, 6) is 5.23. The van der Waals surface area contributed by atoms with E-state index in [0.717, 1.165) is 0 Å². The number of hydrogen-bond donors (Lipinski definition) is 0. The van der Waals surface area contributed by atoms with Crippen molar-refractivity contribution >= 4 is 23.0 Å². The van der Waals surface area contributed by atoms with Crippen LogP contribution < -0.4 is 27.1 Å². The molecule has 0 atom stereocenters. The van der Waals surface area contributed by atoms with E-state index in [9.17, 15) is 0 Å². The lowest BCUT2D eigenvalue weighted by Crippen LogP contribution is -2.11. The Morgan fingerprint density at radius 1 is 0.214 bits per heavy atom. The molecule has 0 saturated carbocycles. The lowest BCUT2D eigenvalue weighted by Gasteiger charge is -2.33. The summed E-state index contributed by atoms with van der Waals surface area (Å²) < 4.78 is 93.7. The molecular weight excluding hydrogens is 1140 g/mol. The van der Waals surface area contributed by atoms with Gasteiger partial charge >= 0.3 is 23.0 Å². The van der Waals surface area contributed by atoms with E-state index in [1.807, 2.05) is 0 Å². The van der Waals surface area contributed by atoms with Gasteiger partial charge in [0.1, 0.15) is 34.5 Å². The zero-order valence-electron chi connectivity index (χ0n) is 44.8. The number of aryl methyl sites for hydroxylation is 6. The predicted octanol–water partition coefficient (Wildman–Crippen LogP) is 14.5. The van der Waals surface area contributed by atoms with Crippen LogP contribution in [-0.2, 0) is 0 Å². The molecule has 0 fully saturated rings. The van der Waals surface area contributed by atoms with Crippen LogP contribution in [0.2, 0.25) is 0 Å². The second-order valence-electron chi connectivity index (χ2n) is 18.2. The highest BCUT2D eigenvalue weighted by Gasteiger charge is 2.49. The van der Waals surface area contributed by atoms with Crippen LogP contribution in [0.15, 0.2) is 186 Å².